The highest BCUT2D eigenvalue weighted by atomic mass is 32.2. The number of thioether (sulfide) groups is 1. The first-order valence-corrected chi connectivity index (χ1v) is 10.6. The number of aromatic nitrogens is 3. The first kappa shape index (κ1) is 17.8. The average Bonchev–Trinajstić information content (AvgIpc) is 3.27. The van der Waals surface area contributed by atoms with Gasteiger partial charge in [-0.25, -0.2) is 9.97 Å². The second kappa shape index (κ2) is 7.98. The average molecular weight is 393 g/mol. The molecule has 4 aromatic rings. The van der Waals surface area contributed by atoms with Gasteiger partial charge in [0.1, 0.15) is 0 Å². The molecule has 0 fully saturated rings. The zero-order valence-corrected chi connectivity index (χ0v) is 16.7. The lowest BCUT2D eigenvalue weighted by molar-refractivity contribution is 0.748. The minimum Gasteiger partial charge on any atom is -0.332 e. The number of allylic oxidation sites excluding steroid dienone is 1. The summed E-state index contributed by atoms with van der Waals surface area (Å²) in [6.45, 7) is 6.71. The van der Waals surface area contributed by atoms with Gasteiger partial charge < -0.3 is 9.88 Å². The monoisotopic (exact) mass is 392 g/mol. The van der Waals surface area contributed by atoms with Gasteiger partial charge in [-0.15, -0.1) is 17.9 Å². The predicted octanol–water partition coefficient (Wildman–Crippen LogP) is 6.02. The molecule has 0 atom stereocenters. The molecule has 0 spiro atoms. The molecule has 0 saturated carbocycles. The van der Waals surface area contributed by atoms with Crippen molar-refractivity contribution >= 4 is 45.0 Å². The quantitative estimate of drug-likeness (QED) is 0.308. The van der Waals surface area contributed by atoms with Crippen LogP contribution in [0.2, 0.25) is 0 Å². The number of hydrogen-bond donors (Lipinski definition) is 1. The van der Waals surface area contributed by atoms with Crippen molar-refractivity contribution in [3.8, 4) is 0 Å². The molecule has 0 bridgehead atoms. The van der Waals surface area contributed by atoms with Gasteiger partial charge in [-0.3, -0.25) is 0 Å². The van der Waals surface area contributed by atoms with Crippen LogP contribution in [0.25, 0.3) is 11.0 Å². The highest BCUT2D eigenvalue weighted by molar-refractivity contribution is 7.98. The minimum absolute atomic E-state index is 0.750. The molecule has 2 aromatic heterocycles. The summed E-state index contributed by atoms with van der Waals surface area (Å²) in [5, 5.41) is 7.38. The SMILES string of the molecule is C=CCn1c(SCc2csc(Nc3ccc(C)cc3)n2)nc2ccccc21. The van der Waals surface area contributed by atoms with E-state index in [1.165, 1.54) is 5.56 Å². The van der Waals surface area contributed by atoms with E-state index < -0.39 is 0 Å². The lowest BCUT2D eigenvalue weighted by Gasteiger charge is -2.05. The fourth-order valence-electron chi connectivity index (χ4n) is 2.80. The molecule has 1 N–H and O–H groups in total. The molecule has 4 nitrogen and oxygen atoms in total. The minimum atomic E-state index is 0.750. The number of nitrogens with zero attached hydrogens (tertiary/aromatic N) is 3. The highest BCUT2D eigenvalue weighted by Gasteiger charge is 2.11. The molecule has 6 heteroatoms. The Morgan fingerprint density at radius 2 is 1.96 bits per heavy atom. The largest absolute Gasteiger partial charge is 0.332 e. The van der Waals surface area contributed by atoms with Crippen LogP contribution in [0, 0.1) is 6.92 Å². The van der Waals surface area contributed by atoms with Crippen molar-refractivity contribution in [1.82, 2.24) is 14.5 Å². The molecule has 0 amide bonds. The molecule has 0 unspecified atom stereocenters. The molecular formula is C21H20N4S2. The number of rotatable bonds is 7. The van der Waals surface area contributed by atoms with Gasteiger partial charge in [0.25, 0.3) is 0 Å². The number of aryl methyl sites for hydroxylation is 1. The second-order valence-corrected chi connectivity index (χ2v) is 8.01. The maximum Gasteiger partial charge on any atom is 0.187 e. The molecule has 2 aromatic carbocycles. The topological polar surface area (TPSA) is 42.7 Å². The van der Waals surface area contributed by atoms with E-state index in [9.17, 15) is 0 Å². The lowest BCUT2D eigenvalue weighted by Crippen LogP contribution is -1.97. The Labute approximate surface area is 167 Å². The molecular weight excluding hydrogens is 372 g/mol. The van der Waals surface area contributed by atoms with Gasteiger partial charge in [-0.1, -0.05) is 47.7 Å². The van der Waals surface area contributed by atoms with E-state index in [-0.39, 0.29) is 0 Å². The van der Waals surface area contributed by atoms with Crippen molar-refractivity contribution in [2.45, 2.75) is 24.4 Å². The lowest BCUT2D eigenvalue weighted by atomic mass is 10.2. The molecule has 0 radical (unpaired) electrons. The van der Waals surface area contributed by atoms with Crippen molar-refractivity contribution in [3.05, 3.63) is 77.8 Å². The number of benzene rings is 2. The van der Waals surface area contributed by atoms with E-state index in [0.717, 1.165) is 45.0 Å². The molecule has 4 rings (SSSR count). The van der Waals surface area contributed by atoms with E-state index in [0.29, 0.717) is 0 Å². The Bertz CT molecular complexity index is 1060. The van der Waals surface area contributed by atoms with E-state index in [2.05, 4.69) is 59.1 Å². The summed E-state index contributed by atoms with van der Waals surface area (Å²) in [4.78, 5) is 9.47. The van der Waals surface area contributed by atoms with E-state index in [1.54, 1.807) is 23.1 Å². The zero-order valence-electron chi connectivity index (χ0n) is 15.1. The Balaban J connectivity index is 1.47. The Hall–Kier alpha value is -2.57. The van der Waals surface area contributed by atoms with Gasteiger partial charge in [0.2, 0.25) is 0 Å². The van der Waals surface area contributed by atoms with Crippen LogP contribution in [-0.2, 0) is 12.3 Å². The van der Waals surface area contributed by atoms with Crippen LogP contribution < -0.4 is 5.32 Å². The Morgan fingerprint density at radius 3 is 2.78 bits per heavy atom. The van der Waals surface area contributed by atoms with Crippen molar-refractivity contribution in [2.24, 2.45) is 0 Å². The van der Waals surface area contributed by atoms with Crippen molar-refractivity contribution in [1.29, 1.82) is 0 Å². The van der Waals surface area contributed by atoms with Crippen LogP contribution in [0.3, 0.4) is 0 Å². The molecule has 136 valence electrons. The number of hydrogen-bond acceptors (Lipinski definition) is 5. The fraction of sp³-hybridized carbons (Fsp3) is 0.143. The molecule has 2 heterocycles. The summed E-state index contributed by atoms with van der Waals surface area (Å²) in [7, 11) is 0. The van der Waals surface area contributed by atoms with Crippen LogP contribution in [0.5, 0.6) is 0 Å². The fourth-order valence-corrected chi connectivity index (χ4v) is 4.55. The summed E-state index contributed by atoms with van der Waals surface area (Å²) in [5.41, 5.74) is 5.51. The highest BCUT2D eigenvalue weighted by Crippen LogP contribution is 2.29. The number of fused-ring (bicyclic) bond motifs is 1. The Morgan fingerprint density at radius 1 is 1.15 bits per heavy atom. The van der Waals surface area contributed by atoms with E-state index >= 15 is 0 Å². The number of nitrogens with one attached hydrogen (secondary N) is 1. The third-order valence-electron chi connectivity index (χ3n) is 4.13. The van der Waals surface area contributed by atoms with Crippen LogP contribution in [0.15, 0.2) is 71.7 Å². The molecule has 0 saturated heterocycles. The van der Waals surface area contributed by atoms with Crippen molar-refractivity contribution in [3.63, 3.8) is 0 Å². The number of para-hydroxylation sites is 2. The third-order valence-corrected chi connectivity index (χ3v) is 5.95. The van der Waals surface area contributed by atoms with Crippen LogP contribution in [0.4, 0.5) is 10.8 Å². The molecule has 0 aliphatic rings. The van der Waals surface area contributed by atoms with Gasteiger partial charge in [-0.2, -0.15) is 0 Å². The smallest absolute Gasteiger partial charge is 0.187 e. The maximum absolute atomic E-state index is 4.77. The summed E-state index contributed by atoms with van der Waals surface area (Å²) >= 11 is 3.33. The normalized spacial score (nSPS) is 11.0. The number of anilines is 2. The third kappa shape index (κ3) is 4.07. The number of imidazole rings is 1. The van der Waals surface area contributed by atoms with E-state index in [4.69, 9.17) is 9.97 Å². The maximum atomic E-state index is 4.77. The van der Waals surface area contributed by atoms with Crippen LogP contribution in [0.1, 0.15) is 11.3 Å². The summed E-state index contributed by atoms with van der Waals surface area (Å²) in [6, 6.07) is 16.5. The van der Waals surface area contributed by atoms with Crippen molar-refractivity contribution < 1.29 is 0 Å². The van der Waals surface area contributed by atoms with Crippen molar-refractivity contribution in [2.75, 3.05) is 5.32 Å². The zero-order chi connectivity index (χ0) is 18.6. The molecule has 27 heavy (non-hydrogen) atoms. The van der Waals surface area contributed by atoms with Gasteiger partial charge >= 0.3 is 0 Å². The van der Waals surface area contributed by atoms with Crippen LogP contribution in [-0.4, -0.2) is 14.5 Å². The van der Waals surface area contributed by atoms with E-state index in [1.807, 2.05) is 24.3 Å². The summed E-state index contributed by atoms with van der Waals surface area (Å²) < 4.78 is 2.20. The van der Waals surface area contributed by atoms with Gasteiger partial charge in [0, 0.05) is 23.4 Å². The van der Waals surface area contributed by atoms with Crippen LogP contribution >= 0.6 is 23.1 Å². The standard InChI is InChI=1S/C21H20N4S2/c1-3-12-25-19-7-5-4-6-18(19)24-21(25)27-14-17-13-26-20(23-17)22-16-10-8-15(2)9-11-16/h3-11,13H,1,12,14H2,2H3,(H,22,23). The van der Waals surface area contributed by atoms with Gasteiger partial charge in [0.05, 0.1) is 16.7 Å². The first-order chi connectivity index (χ1) is 13.2. The second-order valence-electron chi connectivity index (χ2n) is 6.21. The summed E-state index contributed by atoms with van der Waals surface area (Å²) in [6.07, 6.45) is 1.91. The summed E-state index contributed by atoms with van der Waals surface area (Å²) in [5.74, 6) is 0.784. The van der Waals surface area contributed by atoms with Gasteiger partial charge in [-0.05, 0) is 31.2 Å². The molecule has 0 aliphatic carbocycles. The first-order valence-electron chi connectivity index (χ1n) is 8.70. The predicted molar refractivity (Wildman–Crippen MR) is 116 cm³/mol. The van der Waals surface area contributed by atoms with Gasteiger partial charge in [0.15, 0.2) is 10.3 Å². The number of thiazole rings is 1. The molecule has 0 aliphatic heterocycles. The Kier molecular flexibility index (Phi) is 5.27.